The second kappa shape index (κ2) is 10.9. The minimum atomic E-state index is -0.382. The molecular formula is C26H33FN4O2. The Balaban J connectivity index is 1.19. The van der Waals surface area contributed by atoms with E-state index in [9.17, 15) is 14.0 Å². The number of carbonyl (C=O) groups excluding carboxylic acids is 2. The van der Waals surface area contributed by atoms with Crippen LogP contribution in [0.1, 0.15) is 22.8 Å². The SMILES string of the molecule is CC(=O)c1ccc(N2CCN(C(=O)CN3CCN(CCc4ccccc4)CC3)CC2)c(F)c1. The molecule has 0 aliphatic carbocycles. The highest BCUT2D eigenvalue weighted by molar-refractivity contribution is 5.94. The van der Waals surface area contributed by atoms with E-state index in [2.05, 4.69) is 34.1 Å². The Morgan fingerprint density at radius 1 is 0.848 bits per heavy atom. The third-order valence-corrected chi connectivity index (χ3v) is 6.71. The van der Waals surface area contributed by atoms with Crippen LogP contribution in [-0.4, -0.2) is 91.8 Å². The number of carbonyl (C=O) groups is 2. The van der Waals surface area contributed by atoms with Gasteiger partial charge in [0, 0.05) is 64.5 Å². The summed E-state index contributed by atoms with van der Waals surface area (Å²) in [4.78, 5) is 32.8. The van der Waals surface area contributed by atoms with Crippen LogP contribution in [0.25, 0.3) is 0 Å². The number of rotatable bonds is 7. The summed E-state index contributed by atoms with van der Waals surface area (Å²) in [6, 6.07) is 15.2. The van der Waals surface area contributed by atoms with Crippen molar-refractivity contribution in [3.05, 3.63) is 65.5 Å². The zero-order chi connectivity index (χ0) is 23.2. The number of Topliss-reactive ketones (excluding diaryl/α,β-unsaturated/α-hetero) is 1. The van der Waals surface area contributed by atoms with E-state index in [0.717, 1.165) is 39.1 Å². The average Bonchev–Trinajstić information content (AvgIpc) is 2.84. The molecule has 33 heavy (non-hydrogen) atoms. The summed E-state index contributed by atoms with van der Waals surface area (Å²) in [7, 11) is 0. The molecule has 2 aromatic carbocycles. The first kappa shape index (κ1) is 23.4. The first-order valence-corrected chi connectivity index (χ1v) is 11.8. The van der Waals surface area contributed by atoms with E-state index in [4.69, 9.17) is 0 Å². The van der Waals surface area contributed by atoms with Gasteiger partial charge in [-0.15, -0.1) is 0 Å². The molecule has 2 aromatic rings. The molecule has 0 saturated carbocycles. The van der Waals surface area contributed by atoms with Crippen molar-refractivity contribution >= 4 is 17.4 Å². The summed E-state index contributed by atoms with van der Waals surface area (Å²) in [5.41, 5.74) is 2.24. The maximum absolute atomic E-state index is 14.5. The number of ketones is 1. The molecule has 0 N–H and O–H groups in total. The van der Waals surface area contributed by atoms with Crippen LogP contribution in [-0.2, 0) is 11.2 Å². The number of piperazine rings is 2. The quantitative estimate of drug-likeness (QED) is 0.605. The molecule has 0 radical (unpaired) electrons. The summed E-state index contributed by atoms with van der Waals surface area (Å²) >= 11 is 0. The monoisotopic (exact) mass is 452 g/mol. The van der Waals surface area contributed by atoms with Crippen LogP contribution in [0.2, 0.25) is 0 Å². The summed E-state index contributed by atoms with van der Waals surface area (Å²) in [5.74, 6) is -0.375. The maximum atomic E-state index is 14.5. The standard InChI is InChI=1S/C26H33FN4O2/c1-21(32)23-7-8-25(24(27)19-23)30-15-17-31(18-16-30)26(33)20-29-13-11-28(12-14-29)10-9-22-5-3-2-4-6-22/h2-8,19H,9-18,20H2,1H3. The summed E-state index contributed by atoms with van der Waals surface area (Å²) in [6.45, 7) is 9.10. The molecular weight excluding hydrogens is 419 g/mol. The second-order valence-corrected chi connectivity index (χ2v) is 8.94. The van der Waals surface area contributed by atoms with Gasteiger partial charge in [0.2, 0.25) is 5.91 Å². The number of amides is 1. The fraction of sp³-hybridized carbons (Fsp3) is 0.462. The Morgan fingerprint density at radius 2 is 1.52 bits per heavy atom. The van der Waals surface area contributed by atoms with E-state index >= 15 is 0 Å². The Labute approximate surface area is 195 Å². The number of halogens is 1. The van der Waals surface area contributed by atoms with Gasteiger partial charge >= 0.3 is 0 Å². The molecule has 0 bridgehead atoms. The third kappa shape index (κ3) is 6.18. The molecule has 2 heterocycles. The minimum Gasteiger partial charge on any atom is -0.366 e. The minimum absolute atomic E-state index is 0.145. The van der Waals surface area contributed by atoms with Crippen LogP contribution >= 0.6 is 0 Å². The van der Waals surface area contributed by atoms with E-state index < -0.39 is 0 Å². The van der Waals surface area contributed by atoms with Crippen molar-refractivity contribution in [2.24, 2.45) is 0 Å². The van der Waals surface area contributed by atoms with E-state index in [1.807, 2.05) is 15.9 Å². The highest BCUT2D eigenvalue weighted by atomic mass is 19.1. The van der Waals surface area contributed by atoms with Crippen molar-refractivity contribution in [3.63, 3.8) is 0 Å². The summed E-state index contributed by atoms with van der Waals surface area (Å²) in [6.07, 6.45) is 1.06. The van der Waals surface area contributed by atoms with Crippen LogP contribution in [0.3, 0.4) is 0 Å². The first-order valence-electron chi connectivity index (χ1n) is 11.8. The van der Waals surface area contributed by atoms with E-state index in [1.54, 1.807) is 12.1 Å². The van der Waals surface area contributed by atoms with Crippen molar-refractivity contribution in [1.82, 2.24) is 14.7 Å². The molecule has 2 aliphatic heterocycles. The Hall–Kier alpha value is -2.77. The van der Waals surface area contributed by atoms with E-state index in [0.29, 0.717) is 44.0 Å². The van der Waals surface area contributed by atoms with Crippen molar-refractivity contribution in [2.75, 3.05) is 70.3 Å². The van der Waals surface area contributed by atoms with Gasteiger partial charge in [0.15, 0.2) is 5.78 Å². The largest absolute Gasteiger partial charge is 0.366 e. The van der Waals surface area contributed by atoms with Gasteiger partial charge in [-0.3, -0.25) is 14.5 Å². The molecule has 2 fully saturated rings. The maximum Gasteiger partial charge on any atom is 0.236 e. The van der Waals surface area contributed by atoms with Gasteiger partial charge in [-0.1, -0.05) is 30.3 Å². The summed E-state index contributed by atoms with van der Waals surface area (Å²) < 4.78 is 14.5. The number of nitrogens with zero attached hydrogens (tertiary/aromatic N) is 4. The summed E-state index contributed by atoms with van der Waals surface area (Å²) in [5, 5.41) is 0. The zero-order valence-electron chi connectivity index (χ0n) is 19.4. The second-order valence-electron chi connectivity index (χ2n) is 8.94. The fourth-order valence-electron chi connectivity index (χ4n) is 4.57. The van der Waals surface area contributed by atoms with Gasteiger partial charge in [-0.2, -0.15) is 0 Å². The number of benzene rings is 2. The van der Waals surface area contributed by atoms with Gasteiger partial charge in [-0.25, -0.2) is 4.39 Å². The molecule has 2 saturated heterocycles. The highest BCUT2D eigenvalue weighted by Crippen LogP contribution is 2.22. The fourth-order valence-corrected chi connectivity index (χ4v) is 4.57. The molecule has 0 spiro atoms. The normalized spacial score (nSPS) is 17.9. The molecule has 0 atom stereocenters. The van der Waals surface area contributed by atoms with E-state index in [1.165, 1.54) is 18.6 Å². The number of hydrogen-bond donors (Lipinski definition) is 0. The van der Waals surface area contributed by atoms with E-state index in [-0.39, 0.29) is 17.5 Å². The molecule has 4 rings (SSSR count). The lowest BCUT2D eigenvalue weighted by Crippen LogP contribution is -2.54. The third-order valence-electron chi connectivity index (χ3n) is 6.71. The van der Waals surface area contributed by atoms with Crippen LogP contribution in [0.5, 0.6) is 0 Å². The lowest BCUT2D eigenvalue weighted by Gasteiger charge is -2.38. The predicted molar refractivity (Wildman–Crippen MR) is 128 cm³/mol. The number of hydrogen-bond acceptors (Lipinski definition) is 5. The molecule has 2 aliphatic rings. The van der Waals surface area contributed by atoms with Crippen molar-refractivity contribution in [2.45, 2.75) is 13.3 Å². The average molecular weight is 453 g/mol. The van der Waals surface area contributed by atoms with Crippen molar-refractivity contribution < 1.29 is 14.0 Å². The molecule has 7 heteroatoms. The molecule has 176 valence electrons. The van der Waals surface area contributed by atoms with Gasteiger partial charge < -0.3 is 14.7 Å². The Kier molecular flexibility index (Phi) is 7.73. The highest BCUT2D eigenvalue weighted by Gasteiger charge is 2.26. The van der Waals surface area contributed by atoms with Crippen LogP contribution in [0.4, 0.5) is 10.1 Å². The molecule has 0 unspecified atom stereocenters. The van der Waals surface area contributed by atoms with Gasteiger partial charge in [-0.05, 0) is 37.1 Å². The van der Waals surface area contributed by atoms with Gasteiger partial charge in [0.05, 0.1) is 12.2 Å². The van der Waals surface area contributed by atoms with Crippen LogP contribution < -0.4 is 4.90 Å². The Morgan fingerprint density at radius 3 is 2.15 bits per heavy atom. The predicted octanol–water partition coefficient (Wildman–Crippen LogP) is 2.54. The molecule has 1 amide bonds. The smallest absolute Gasteiger partial charge is 0.236 e. The molecule has 6 nitrogen and oxygen atoms in total. The first-order chi connectivity index (χ1) is 16.0. The lowest BCUT2D eigenvalue weighted by molar-refractivity contribution is -0.133. The van der Waals surface area contributed by atoms with Crippen LogP contribution in [0, 0.1) is 5.82 Å². The van der Waals surface area contributed by atoms with Crippen molar-refractivity contribution in [1.29, 1.82) is 0 Å². The van der Waals surface area contributed by atoms with Crippen molar-refractivity contribution in [3.8, 4) is 0 Å². The molecule has 0 aromatic heterocycles. The van der Waals surface area contributed by atoms with Gasteiger partial charge in [0.1, 0.15) is 5.82 Å². The van der Waals surface area contributed by atoms with Gasteiger partial charge in [0.25, 0.3) is 0 Å². The zero-order valence-corrected chi connectivity index (χ0v) is 19.4. The lowest BCUT2D eigenvalue weighted by atomic mass is 10.1. The topological polar surface area (TPSA) is 47.1 Å². The van der Waals surface area contributed by atoms with Crippen LogP contribution in [0.15, 0.2) is 48.5 Å². The Bertz CT molecular complexity index is 952. The number of anilines is 1.